The molecule has 0 aromatic heterocycles. The maximum atomic E-state index is 12.8. The second-order valence-corrected chi connectivity index (χ2v) is 5.43. The number of anilines is 1. The second-order valence-electron chi connectivity index (χ2n) is 5.02. The van der Waals surface area contributed by atoms with E-state index in [1.54, 1.807) is 12.1 Å². The fourth-order valence-corrected chi connectivity index (χ4v) is 2.90. The Hall–Kier alpha value is -1.80. The summed E-state index contributed by atoms with van der Waals surface area (Å²) in [6, 6.07) is 15.4. The summed E-state index contributed by atoms with van der Waals surface area (Å²) < 4.78 is 0. The molecule has 102 valence electrons. The van der Waals surface area contributed by atoms with Gasteiger partial charge in [0.25, 0.3) is 5.91 Å². The van der Waals surface area contributed by atoms with Crippen molar-refractivity contribution in [2.24, 2.45) is 0 Å². The zero-order chi connectivity index (χ0) is 13.9. The molecule has 3 heteroatoms. The number of hydrogen-bond acceptors (Lipinski definition) is 1. The number of aryl methyl sites for hydroxylation is 1. The number of carbonyl (C=O) groups excluding carboxylic acids is 1. The maximum absolute atomic E-state index is 12.8. The minimum absolute atomic E-state index is 0.00931. The summed E-state index contributed by atoms with van der Waals surface area (Å²) >= 11 is 6.16. The minimum atomic E-state index is -0.00931. The number of para-hydroxylation sites is 1. The van der Waals surface area contributed by atoms with E-state index in [0.717, 1.165) is 31.5 Å². The first-order valence-electron chi connectivity index (χ1n) is 6.91. The average Bonchev–Trinajstić information content (AvgIpc) is 2.69. The van der Waals surface area contributed by atoms with E-state index in [-0.39, 0.29) is 5.91 Å². The average molecular weight is 286 g/mol. The van der Waals surface area contributed by atoms with Crippen LogP contribution in [0.25, 0.3) is 0 Å². The van der Waals surface area contributed by atoms with E-state index >= 15 is 0 Å². The summed E-state index contributed by atoms with van der Waals surface area (Å²) in [5, 5.41) is 0.513. The van der Waals surface area contributed by atoms with Crippen LogP contribution in [-0.4, -0.2) is 12.5 Å². The smallest absolute Gasteiger partial charge is 0.259 e. The van der Waals surface area contributed by atoms with Gasteiger partial charge in [-0.1, -0.05) is 41.9 Å². The Morgan fingerprint density at radius 2 is 1.75 bits per heavy atom. The third-order valence-corrected chi connectivity index (χ3v) is 4.04. The Balaban J connectivity index is 2.02. The molecule has 1 aliphatic rings. The molecule has 0 atom stereocenters. The topological polar surface area (TPSA) is 20.3 Å². The molecule has 3 rings (SSSR count). The van der Waals surface area contributed by atoms with Gasteiger partial charge in [0.05, 0.1) is 10.6 Å². The molecule has 0 unspecified atom stereocenters. The highest BCUT2D eigenvalue weighted by atomic mass is 35.5. The quantitative estimate of drug-likeness (QED) is 0.764. The fraction of sp³-hybridized carbons (Fsp3) is 0.235. The van der Waals surface area contributed by atoms with Crippen LogP contribution in [0.5, 0.6) is 0 Å². The lowest BCUT2D eigenvalue weighted by Crippen LogP contribution is -2.31. The molecule has 2 nitrogen and oxygen atoms in total. The molecule has 20 heavy (non-hydrogen) atoms. The fourth-order valence-electron chi connectivity index (χ4n) is 2.68. The van der Waals surface area contributed by atoms with Crippen molar-refractivity contribution in [3.05, 3.63) is 64.7 Å². The van der Waals surface area contributed by atoms with Gasteiger partial charge < -0.3 is 4.90 Å². The number of benzene rings is 2. The zero-order valence-electron chi connectivity index (χ0n) is 11.2. The van der Waals surface area contributed by atoms with Crippen molar-refractivity contribution in [1.82, 2.24) is 0 Å². The molecule has 0 saturated carbocycles. The summed E-state index contributed by atoms with van der Waals surface area (Å²) in [4.78, 5) is 14.6. The van der Waals surface area contributed by atoms with Crippen LogP contribution in [0, 0.1) is 0 Å². The van der Waals surface area contributed by atoms with Gasteiger partial charge in [0.2, 0.25) is 0 Å². The number of rotatable bonds is 1. The van der Waals surface area contributed by atoms with Gasteiger partial charge in [-0.2, -0.15) is 0 Å². The highest BCUT2D eigenvalue weighted by molar-refractivity contribution is 6.34. The Labute approximate surface area is 124 Å². The van der Waals surface area contributed by atoms with E-state index in [2.05, 4.69) is 6.07 Å². The summed E-state index contributed by atoms with van der Waals surface area (Å²) in [5.41, 5.74) is 2.84. The third-order valence-electron chi connectivity index (χ3n) is 3.71. The van der Waals surface area contributed by atoms with Gasteiger partial charge in [-0.3, -0.25) is 4.79 Å². The molecule has 0 saturated heterocycles. The molecule has 1 heterocycles. The standard InChI is InChI=1S/C17H16ClNO/c18-15-10-3-2-9-14(15)17(20)19-12-6-5-8-13-7-1-4-11-16(13)19/h1-4,7,9-11H,5-6,8,12H2. The normalized spacial score (nSPS) is 14.6. The molecule has 0 fully saturated rings. The van der Waals surface area contributed by atoms with E-state index in [1.165, 1.54) is 5.56 Å². The van der Waals surface area contributed by atoms with E-state index in [4.69, 9.17) is 11.6 Å². The van der Waals surface area contributed by atoms with E-state index in [0.29, 0.717) is 10.6 Å². The summed E-state index contributed by atoms with van der Waals surface area (Å²) in [6.45, 7) is 0.751. The van der Waals surface area contributed by atoms with E-state index < -0.39 is 0 Å². The van der Waals surface area contributed by atoms with Gasteiger partial charge >= 0.3 is 0 Å². The molecule has 0 radical (unpaired) electrons. The van der Waals surface area contributed by atoms with E-state index in [9.17, 15) is 4.79 Å². The third kappa shape index (κ3) is 2.44. The second kappa shape index (κ2) is 5.68. The number of amides is 1. The van der Waals surface area contributed by atoms with Crippen molar-refractivity contribution in [2.75, 3.05) is 11.4 Å². The molecule has 0 aliphatic carbocycles. The van der Waals surface area contributed by atoms with Crippen molar-refractivity contribution in [1.29, 1.82) is 0 Å². The van der Waals surface area contributed by atoms with Crippen molar-refractivity contribution in [3.63, 3.8) is 0 Å². The van der Waals surface area contributed by atoms with Crippen LogP contribution in [0.1, 0.15) is 28.8 Å². The van der Waals surface area contributed by atoms with Crippen molar-refractivity contribution >= 4 is 23.2 Å². The molecule has 1 aliphatic heterocycles. The zero-order valence-corrected chi connectivity index (χ0v) is 11.9. The molecule has 0 spiro atoms. The van der Waals surface area contributed by atoms with Gasteiger partial charge in [0.15, 0.2) is 0 Å². The van der Waals surface area contributed by atoms with Crippen molar-refractivity contribution < 1.29 is 4.79 Å². The van der Waals surface area contributed by atoms with Crippen LogP contribution in [0.2, 0.25) is 5.02 Å². The van der Waals surface area contributed by atoms with Gasteiger partial charge in [-0.05, 0) is 43.0 Å². The van der Waals surface area contributed by atoms with Gasteiger partial charge in [-0.25, -0.2) is 0 Å². The van der Waals surface area contributed by atoms with Crippen LogP contribution in [0.4, 0.5) is 5.69 Å². The lowest BCUT2D eigenvalue weighted by molar-refractivity contribution is 0.0987. The first kappa shape index (κ1) is 13.2. The number of carbonyl (C=O) groups is 1. The number of fused-ring (bicyclic) bond motifs is 1. The Kier molecular flexibility index (Phi) is 3.75. The van der Waals surface area contributed by atoms with Crippen LogP contribution < -0.4 is 4.90 Å². The monoisotopic (exact) mass is 285 g/mol. The van der Waals surface area contributed by atoms with E-state index in [1.807, 2.05) is 35.2 Å². The van der Waals surface area contributed by atoms with Gasteiger partial charge in [0, 0.05) is 12.2 Å². The SMILES string of the molecule is O=C(c1ccccc1Cl)N1CCCCc2ccccc21. The predicted molar refractivity (Wildman–Crippen MR) is 82.5 cm³/mol. The first-order chi connectivity index (χ1) is 9.77. The lowest BCUT2D eigenvalue weighted by atomic mass is 10.1. The maximum Gasteiger partial charge on any atom is 0.259 e. The highest BCUT2D eigenvalue weighted by Gasteiger charge is 2.23. The van der Waals surface area contributed by atoms with Crippen molar-refractivity contribution in [2.45, 2.75) is 19.3 Å². The molecule has 1 amide bonds. The van der Waals surface area contributed by atoms with Crippen LogP contribution in [-0.2, 0) is 6.42 Å². The van der Waals surface area contributed by atoms with Crippen molar-refractivity contribution in [3.8, 4) is 0 Å². The lowest BCUT2D eigenvalue weighted by Gasteiger charge is -2.23. The largest absolute Gasteiger partial charge is 0.308 e. The molecule has 0 N–H and O–H groups in total. The number of hydrogen-bond donors (Lipinski definition) is 0. The molecule has 2 aromatic rings. The van der Waals surface area contributed by atoms with Crippen LogP contribution in [0.15, 0.2) is 48.5 Å². The Morgan fingerprint density at radius 1 is 1.00 bits per heavy atom. The Bertz CT molecular complexity index is 638. The van der Waals surface area contributed by atoms with Gasteiger partial charge in [0.1, 0.15) is 0 Å². The molecular formula is C17H16ClNO. The van der Waals surface area contributed by atoms with Crippen LogP contribution >= 0.6 is 11.6 Å². The molecule has 0 bridgehead atoms. The number of nitrogens with zero attached hydrogens (tertiary/aromatic N) is 1. The Morgan fingerprint density at radius 3 is 2.60 bits per heavy atom. The number of halogens is 1. The van der Waals surface area contributed by atoms with Crippen LogP contribution in [0.3, 0.4) is 0 Å². The highest BCUT2D eigenvalue weighted by Crippen LogP contribution is 2.28. The summed E-state index contributed by atoms with van der Waals surface area (Å²) in [6.07, 6.45) is 3.16. The minimum Gasteiger partial charge on any atom is -0.308 e. The summed E-state index contributed by atoms with van der Waals surface area (Å²) in [7, 11) is 0. The predicted octanol–water partition coefficient (Wildman–Crippen LogP) is 4.32. The summed E-state index contributed by atoms with van der Waals surface area (Å²) in [5.74, 6) is -0.00931. The van der Waals surface area contributed by atoms with Gasteiger partial charge in [-0.15, -0.1) is 0 Å². The molecule has 2 aromatic carbocycles. The first-order valence-corrected chi connectivity index (χ1v) is 7.29. The molecular weight excluding hydrogens is 270 g/mol.